The third-order valence-electron chi connectivity index (χ3n) is 6.14. The van der Waals surface area contributed by atoms with E-state index in [4.69, 9.17) is 17.3 Å². The monoisotopic (exact) mass is 511 g/mol. The van der Waals surface area contributed by atoms with Crippen LogP contribution in [0.5, 0.6) is 0 Å². The van der Waals surface area contributed by atoms with Gasteiger partial charge in [0.15, 0.2) is 5.84 Å². The summed E-state index contributed by atoms with van der Waals surface area (Å²) in [5.74, 6) is -4.78. The molecule has 2 heterocycles. The number of halogens is 4. The summed E-state index contributed by atoms with van der Waals surface area (Å²) in [6, 6.07) is 16.6. The van der Waals surface area contributed by atoms with Gasteiger partial charge >= 0.3 is 5.92 Å². The van der Waals surface area contributed by atoms with Crippen LogP contribution in [0, 0.1) is 5.82 Å². The maximum absolute atomic E-state index is 13.8. The van der Waals surface area contributed by atoms with Gasteiger partial charge in [0.05, 0.1) is 35.9 Å². The van der Waals surface area contributed by atoms with Crippen LogP contribution in [0.3, 0.4) is 0 Å². The Hall–Kier alpha value is -3.85. The quantitative estimate of drug-likeness (QED) is 0.277. The first-order chi connectivity index (χ1) is 17.1. The maximum atomic E-state index is 13.8. The topological polar surface area (TPSA) is 76.5 Å². The number of fused-ring (bicyclic) bond motifs is 1. The van der Waals surface area contributed by atoms with Crippen molar-refractivity contribution in [1.82, 2.24) is 9.78 Å². The molecule has 36 heavy (non-hydrogen) atoms. The molecule has 0 unspecified atom stereocenters. The maximum Gasteiger partial charge on any atom is 0.301 e. The molecule has 0 bridgehead atoms. The summed E-state index contributed by atoms with van der Waals surface area (Å²) >= 11 is 6.21. The normalized spacial score (nSPS) is 18.9. The van der Waals surface area contributed by atoms with Crippen molar-refractivity contribution in [2.24, 2.45) is 10.7 Å². The number of aromatic nitrogens is 2. The van der Waals surface area contributed by atoms with Gasteiger partial charge in [0.25, 0.3) is 0 Å². The van der Waals surface area contributed by atoms with Crippen LogP contribution < -0.4 is 10.6 Å². The van der Waals surface area contributed by atoms with Crippen molar-refractivity contribution in [2.75, 3.05) is 4.90 Å². The first-order valence-electron chi connectivity index (χ1n) is 11.1. The predicted octanol–water partition coefficient (Wildman–Crippen LogP) is 5.68. The molecular weight excluding hydrogens is 491 g/mol. The second-order valence-corrected chi connectivity index (χ2v) is 9.15. The number of alkyl halides is 2. The van der Waals surface area contributed by atoms with Gasteiger partial charge in [-0.15, -0.1) is 0 Å². The van der Waals surface area contributed by atoms with E-state index in [1.807, 2.05) is 0 Å². The van der Waals surface area contributed by atoms with E-state index in [1.165, 1.54) is 17.0 Å². The Morgan fingerprint density at radius 2 is 1.83 bits per heavy atom. The number of hydrogen-bond acceptors (Lipinski definition) is 3. The summed E-state index contributed by atoms with van der Waals surface area (Å²) in [5.41, 5.74) is 8.21. The molecule has 1 fully saturated rings. The fourth-order valence-electron chi connectivity index (χ4n) is 4.45. The number of carbonyl (C=O) groups excluding carboxylic acids is 1. The number of amides is 1. The number of amidine groups is 1. The third-order valence-corrected chi connectivity index (χ3v) is 6.38. The second kappa shape index (κ2) is 8.98. The van der Waals surface area contributed by atoms with Gasteiger partial charge < -0.3 is 10.6 Å². The zero-order valence-electron chi connectivity index (χ0n) is 19.1. The van der Waals surface area contributed by atoms with Gasteiger partial charge in [0.1, 0.15) is 5.82 Å². The van der Waals surface area contributed by atoms with E-state index in [0.717, 1.165) is 10.9 Å². The molecule has 2 atom stereocenters. The highest BCUT2D eigenvalue weighted by atomic mass is 35.5. The molecule has 0 radical (unpaired) electrons. The summed E-state index contributed by atoms with van der Waals surface area (Å²) in [5, 5.41) is 5.58. The predicted molar refractivity (Wildman–Crippen MR) is 133 cm³/mol. The molecular formula is C26H21ClF3N5O. The highest BCUT2D eigenvalue weighted by Gasteiger charge is 2.43. The molecule has 6 nitrogen and oxygen atoms in total. The Morgan fingerprint density at radius 3 is 2.53 bits per heavy atom. The van der Waals surface area contributed by atoms with E-state index in [9.17, 15) is 18.0 Å². The molecule has 1 saturated heterocycles. The minimum Gasteiger partial charge on any atom is -0.382 e. The average Bonchev–Trinajstić information content (AvgIpc) is 3.39. The Morgan fingerprint density at radius 1 is 1.11 bits per heavy atom. The van der Waals surface area contributed by atoms with Crippen molar-refractivity contribution in [3.8, 4) is 5.69 Å². The van der Waals surface area contributed by atoms with Crippen LogP contribution in [0.2, 0.25) is 5.02 Å². The molecule has 184 valence electrons. The van der Waals surface area contributed by atoms with E-state index in [2.05, 4.69) is 10.1 Å². The molecule has 3 aromatic carbocycles. The average molecular weight is 512 g/mol. The van der Waals surface area contributed by atoms with Crippen LogP contribution in [0.1, 0.15) is 24.9 Å². The molecule has 2 N–H and O–H groups in total. The first-order valence-corrected chi connectivity index (χ1v) is 11.5. The van der Waals surface area contributed by atoms with E-state index in [-0.39, 0.29) is 18.1 Å². The van der Waals surface area contributed by atoms with Crippen LogP contribution >= 0.6 is 11.6 Å². The van der Waals surface area contributed by atoms with Crippen molar-refractivity contribution in [2.45, 2.75) is 31.4 Å². The Kier molecular flexibility index (Phi) is 5.96. The third kappa shape index (κ3) is 4.42. The zero-order valence-corrected chi connectivity index (χ0v) is 19.8. The lowest BCUT2D eigenvalue weighted by Crippen LogP contribution is -2.35. The van der Waals surface area contributed by atoms with Crippen LogP contribution in [-0.2, 0) is 4.79 Å². The van der Waals surface area contributed by atoms with E-state index >= 15 is 0 Å². The van der Waals surface area contributed by atoms with Gasteiger partial charge in [-0.05, 0) is 60.2 Å². The van der Waals surface area contributed by atoms with Crippen LogP contribution in [-0.4, -0.2) is 33.5 Å². The van der Waals surface area contributed by atoms with E-state index < -0.39 is 23.8 Å². The summed E-state index contributed by atoms with van der Waals surface area (Å²) in [4.78, 5) is 18.8. The summed E-state index contributed by atoms with van der Waals surface area (Å²) in [7, 11) is 0. The highest BCUT2D eigenvalue weighted by Crippen LogP contribution is 2.41. The minimum absolute atomic E-state index is 0.0964. The van der Waals surface area contributed by atoms with Gasteiger partial charge in [0, 0.05) is 23.0 Å². The second-order valence-electron chi connectivity index (χ2n) is 8.71. The SMILES string of the molecule is CC(F)(F)C(N)=N[C@@H]1CC(=O)N(c2ccc3c(cnn3-c3ccc(F)cc3)c2)[C@H]1c1cccc(Cl)c1. The van der Waals surface area contributed by atoms with Gasteiger partial charge in [-0.1, -0.05) is 23.7 Å². The molecule has 4 aromatic rings. The molecule has 1 aliphatic heterocycles. The van der Waals surface area contributed by atoms with Gasteiger partial charge in [-0.2, -0.15) is 13.9 Å². The Balaban J connectivity index is 1.58. The van der Waals surface area contributed by atoms with Gasteiger partial charge in [0.2, 0.25) is 5.91 Å². The summed E-state index contributed by atoms with van der Waals surface area (Å²) < 4.78 is 42.6. The Labute approximate surface area is 209 Å². The largest absolute Gasteiger partial charge is 0.382 e. The van der Waals surface area contributed by atoms with Gasteiger partial charge in [-0.25, -0.2) is 9.07 Å². The van der Waals surface area contributed by atoms with Crippen LogP contribution in [0.15, 0.2) is 77.9 Å². The fourth-order valence-corrected chi connectivity index (χ4v) is 4.65. The van der Waals surface area contributed by atoms with Crippen LogP contribution in [0.25, 0.3) is 16.6 Å². The number of carbonyl (C=O) groups is 1. The lowest BCUT2D eigenvalue weighted by molar-refractivity contribution is -0.117. The number of aliphatic imine (C=N–C) groups is 1. The molecule has 0 aliphatic carbocycles. The Bertz CT molecular complexity index is 1480. The standard InChI is InChI=1S/C26H21ClF3N5O/c1-26(29,30)25(31)33-21-13-23(36)34(24(21)15-3-2-4-17(27)11-15)20-9-10-22-16(12-20)14-32-35(22)19-7-5-18(28)6-8-19/h2-12,14,21,24H,13H2,1H3,(H2,31,33)/t21-,24+/m1/s1. The molecule has 0 spiro atoms. The first kappa shape index (κ1) is 23.9. The number of anilines is 1. The minimum atomic E-state index is -3.32. The number of nitrogens with two attached hydrogens (primary N) is 1. The van der Waals surface area contributed by atoms with Crippen LogP contribution in [0.4, 0.5) is 18.9 Å². The van der Waals surface area contributed by atoms with E-state index in [0.29, 0.717) is 28.9 Å². The van der Waals surface area contributed by atoms with E-state index in [1.54, 1.807) is 65.5 Å². The highest BCUT2D eigenvalue weighted by molar-refractivity contribution is 6.30. The molecule has 1 aliphatic rings. The molecule has 1 amide bonds. The number of benzene rings is 3. The summed E-state index contributed by atoms with van der Waals surface area (Å²) in [6.07, 6.45) is 1.54. The van der Waals surface area contributed by atoms with Crippen molar-refractivity contribution >= 4 is 39.9 Å². The molecule has 0 saturated carbocycles. The lowest BCUT2D eigenvalue weighted by Gasteiger charge is -2.28. The number of hydrogen-bond donors (Lipinski definition) is 1. The van der Waals surface area contributed by atoms with Crippen molar-refractivity contribution in [1.29, 1.82) is 0 Å². The zero-order chi connectivity index (χ0) is 25.6. The number of nitrogens with zero attached hydrogens (tertiary/aromatic N) is 4. The lowest BCUT2D eigenvalue weighted by atomic mass is 9.99. The van der Waals surface area contributed by atoms with Crippen molar-refractivity contribution < 1.29 is 18.0 Å². The molecule has 1 aromatic heterocycles. The number of rotatable bonds is 5. The smallest absolute Gasteiger partial charge is 0.301 e. The fraction of sp³-hybridized carbons (Fsp3) is 0.192. The molecule has 5 rings (SSSR count). The molecule has 10 heteroatoms. The summed E-state index contributed by atoms with van der Waals surface area (Å²) in [6.45, 7) is 0.668. The van der Waals surface area contributed by atoms with Crippen molar-refractivity contribution in [3.05, 3.63) is 89.3 Å². The van der Waals surface area contributed by atoms with Gasteiger partial charge in [-0.3, -0.25) is 9.79 Å². The van der Waals surface area contributed by atoms with Crippen molar-refractivity contribution in [3.63, 3.8) is 0 Å².